The highest BCUT2D eigenvalue weighted by molar-refractivity contribution is 14.0. The molecule has 0 aliphatic carbocycles. The van der Waals surface area contributed by atoms with E-state index < -0.39 is 0 Å². The lowest BCUT2D eigenvalue weighted by atomic mass is 10.1. The van der Waals surface area contributed by atoms with Gasteiger partial charge in [-0.2, -0.15) is 0 Å². The average Bonchev–Trinajstić information content (AvgIpc) is 3.17. The van der Waals surface area contributed by atoms with Crippen molar-refractivity contribution in [3.63, 3.8) is 0 Å². The average molecular weight is 541 g/mol. The first kappa shape index (κ1) is 23.9. The summed E-state index contributed by atoms with van der Waals surface area (Å²) >= 11 is 6.29. The molecule has 2 heterocycles. The van der Waals surface area contributed by atoms with Crippen LogP contribution in [0.4, 0.5) is 0 Å². The summed E-state index contributed by atoms with van der Waals surface area (Å²) in [7, 11) is 3.38. The number of aromatic nitrogens is 3. The maximum atomic E-state index is 6.29. The summed E-state index contributed by atoms with van der Waals surface area (Å²) in [6, 6.07) is 9.74. The van der Waals surface area contributed by atoms with Crippen LogP contribution >= 0.6 is 35.6 Å². The minimum absolute atomic E-state index is 0. The van der Waals surface area contributed by atoms with Gasteiger partial charge in [-0.15, -0.1) is 24.0 Å². The standard InChI is InChI=1S/C21H25ClN6O.HI/c1-15-24-10-11-28(15)20-7-4-16(13-26-20)14-27-21(23-2)25-9-8-17-5-6-18(29-3)12-19(17)22;/h4-7,10-13H,8-9,14H2,1-3H3,(H2,23,25,27);1H. The second kappa shape index (κ2) is 11.8. The highest BCUT2D eigenvalue weighted by Crippen LogP contribution is 2.22. The molecule has 0 bridgehead atoms. The third-order valence-corrected chi connectivity index (χ3v) is 4.86. The molecule has 0 radical (unpaired) electrons. The van der Waals surface area contributed by atoms with E-state index in [-0.39, 0.29) is 24.0 Å². The number of rotatable bonds is 7. The summed E-state index contributed by atoms with van der Waals surface area (Å²) in [5.41, 5.74) is 2.12. The van der Waals surface area contributed by atoms with E-state index in [0.29, 0.717) is 18.1 Å². The van der Waals surface area contributed by atoms with E-state index in [1.807, 2.05) is 54.2 Å². The van der Waals surface area contributed by atoms with Crippen molar-refractivity contribution in [2.24, 2.45) is 4.99 Å². The number of imidazole rings is 1. The van der Waals surface area contributed by atoms with E-state index >= 15 is 0 Å². The smallest absolute Gasteiger partial charge is 0.191 e. The van der Waals surface area contributed by atoms with Crippen molar-refractivity contribution < 1.29 is 4.74 Å². The summed E-state index contributed by atoms with van der Waals surface area (Å²) in [4.78, 5) is 13.0. The van der Waals surface area contributed by atoms with E-state index in [1.165, 1.54) is 0 Å². The van der Waals surface area contributed by atoms with Crippen molar-refractivity contribution in [3.05, 3.63) is 70.9 Å². The number of ether oxygens (including phenoxy) is 1. The quantitative estimate of drug-likeness (QED) is 0.271. The molecular formula is C21H26ClIN6O. The van der Waals surface area contributed by atoms with Gasteiger partial charge in [-0.05, 0) is 42.7 Å². The van der Waals surface area contributed by atoms with E-state index in [2.05, 4.69) is 25.6 Å². The molecule has 30 heavy (non-hydrogen) atoms. The van der Waals surface area contributed by atoms with Gasteiger partial charge in [0.15, 0.2) is 5.96 Å². The van der Waals surface area contributed by atoms with E-state index in [4.69, 9.17) is 16.3 Å². The van der Waals surface area contributed by atoms with Crippen LogP contribution < -0.4 is 15.4 Å². The molecule has 160 valence electrons. The zero-order valence-electron chi connectivity index (χ0n) is 17.2. The Labute approximate surface area is 199 Å². The van der Waals surface area contributed by atoms with Gasteiger partial charge in [0.25, 0.3) is 0 Å². The minimum Gasteiger partial charge on any atom is -0.497 e. The molecule has 2 N–H and O–H groups in total. The highest BCUT2D eigenvalue weighted by atomic mass is 127. The van der Waals surface area contributed by atoms with Gasteiger partial charge in [0.2, 0.25) is 0 Å². The topological polar surface area (TPSA) is 76.4 Å². The second-order valence-electron chi connectivity index (χ2n) is 6.43. The molecule has 3 aromatic rings. The molecule has 0 aliphatic rings. The Hall–Kier alpha value is -2.33. The fourth-order valence-electron chi connectivity index (χ4n) is 2.86. The number of nitrogens with zero attached hydrogens (tertiary/aromatic N) is 4. The van der Waals surface area contributed by atoms with E-state index in [0.717, 1.165) is 40.9 Å². The van der Waals surface area contributed by atoms with E-state index in [9.17, 15) is 0 Å². The highest BCUT2D eigenvalue weighted by Gasteiger charge is 2.05. The van der Waals surface area contributed by atoms with Crippen LogP contribution in [0.3, 0.4) is 0 Å². The van der Waals surface area contributed by atoms with E-state index in [1.54, 1.807) is 20.4 Å². The predicted octanol–water partition coefficient (Wildman–Crippen LogP) is 3.76. The number of guanidine groups is 1. The fourth-order valence-corrected chi connectivity index (χ4v) is 3.13. The van der Waals surface area contributed by atoms with Crippen LogP contribution in [0.15, 0.2) is 53.9 Å². The molecular weight excluding hydrogens is 515 g/mol. The molecule has 9 heteroatoms. The predicted molar refractivity (Wildman–Crippen MR) is 131 cm³/mol. The molecule has 0 aliphatic heterocycles. The fraction of sp³-hybridized carbons (Fsp3) is 0.286. The van der Waals surface area contributed by atoms with Crippen molar-refractivity contribution >= 4 is 41.5 Å². The maximum absolute atomic E-state index is 6.29. The summed E-state index contributed by atoms with van der Waals surface area (Å²) in [6.07, 6.45) is 6.30. The Balaban J connectivity index is 0.00000320. The molecule has 0 amide bonds. The first-order chi connectivity index (χ1) is 14.1. The number of hydrogen-bond acceptors (Lipinski definition) is 4. The van der Waals surface area contributed by atoms with Crippen LogP contribution in [0, 0.1) is 6.92 Å². The van der Waals surface area contributed by atoms with Crippen LogP contribution in [0.1, 0.15) is 17.0 Å². The molecule has 3 rings (SSSR count). The van der Waals surface area contributed by atoms with Crippen molar-refractivity contribution in [2.75, 3.05) is 20.7 Å². The normalized spacial score (nSPS) is 11.0. The first-order valence-corrected chi connectivity index (χ1v) is 9.70. The molecule has 0 spiro atoms. The molecule has 0 fully saturated rings. The Morgan fingerprint density at radius 2 is 2.03 bits per heavy atom. The van der Waals surface area contributed by atoms with Gasteiger partial charge >= 0.3 is 0 Å². The number of nitrogens with one attached hydrogen (secondary N) is 2. The minimum atomic E-state index is 0. The van der Waals surface area contributed by atoms with Crippen LogP contribution in [-0.2, 0) is 13.0 Å². The summed E-state index contributed by atoms with van der Waals surface area (Å²) in [6.45, 7) is 3.29. The van der Waals surface area contributed by atoms with Crippen LogP contribution in [0.2, 0.25) is 5.02 Å². The van der Waals surface area contributed by atoms with Gasteiger partial charge in [0.1, 0.15) is 17.4 Å². The van der Waals surface area contributed by atoms with Gasteiger partial charge in [-0.3, -0.25) is 9.56 Å². The molecule has 0 atom stereocenters. The molecule has 1 aromatic carbocycles. The van der Waals surface area contributed by atoms with Gasteiger partial charge in [0.05, 0.1) is 7.11 Å². The maximum Gasteiger partial charge on any atom is 0.191 e. The molecule has 0 saturated heterocycles. The zero-order valence-corrected chi connectivity index (χ0v) is 20.3. The summed E-state index contributed by atoms with van der Waals surface area (Å²) < 4.78 is 7.13. The number of halogens is 2. The number of hydrogen-bond donors (Lipinski definition) is 2. The summed E-state index contributed by atoms with van der Waals surface area (Å²) in [5.74, 6) is 3.24. The molecule has 0 saturated carbocycles. The number of benzene rings is 1. The van der Waals surface area contributed by atoms with Crippen LogP contribution in [0.5, 0.6) is 5.75 Å². The van der Waals surface area contributed by atoms with Crippen molar-refractivity contribution in [1.29, 1.82) is 0 Å². The van der Waals surface area contributed by atoms with Crippen LogP contribution in [-0.4, -0.2) is 41.2 Å². The van der Waals surface area contributed by atoms with Crippen molar-refractivity contribution in [1.82, 2.24) is 25.2 Å². The van der Waals surface area contributed by atoms with Crippen LogP contribution in [0.25, 0.3) is 5.82 Å². The SMILES string of the molecule is CN=C(NCCc1ccc(OC)cc1Cl)NCc1ccc(-n2ccnc2C)nc1.I. The number of aryl methyl sites for hydroxylation is 1. The molecule has 7 nitrogen and oxygen atoms in total. The lowest BCUT2D eigenvalue weighted by molar-refractivity contribution is 0.414. The second-order valence-corrected chi connectivity index (χ2v) is 6.84. The summed E-state index contributed by atoms with van der Waals surface area (Å²) in [5, 5.41) is 7.30. The molecule has 2 aromatic heterocycles. The van der Waals surface area contributed by atoms with Gasteiger partial charge in [0, 0.05) is 43.8 Å². The first-order valence-electron chi connectivity index (χ1n) is 9.33. The van der Waals surface area contributed by atoms with Gasteiger partial charge in [-0.1, -0.05) is 23.7 Å². The Morgan fingerprint density at radius 3 is 2.63 bits per heavy atom. The Bertz CT molecular complexity index is 974. The van der Waals surface area contributed by atoms with Crippen molar-refractivity contribution in [3.8, 4) is 11.6 Å². The monoisotopic (exact) mass is 540 g/mol. The zero-order chi connectivity index (χ0) is 20.6. The van der Waals surface area contributed by atoms with Gasteiger partial charge < -0.3 is 15.4 Å². The lowest BCUT2D eigenvalue weighted by Gasteiger charge is -2.13. The van der Waals surface area contributed by atoms with Crippen molar-refractivity contribution in [2.45, 2.75) is 19.9 Å². The lowest BCUT2D eigenvalue weighted by Crippen LogP contribution is -2.37. The largest absolute Gasteiger partial charge is 0.497 e. The third-order valence-electron chi connectivity index (χ3n) is 4.51. The van der Waals surface area contributed by atoms with Gasteiger partial charge in [-0.25, -0.2) is 9.97 Å². The number of aliphatic imine (C=N–C) groups is 1. The molecule has 0 unspecified atom stereocenters. The Kier molecular flexibility index (Phi) is 9.38. The Morgan fingerprint density at radius 1 is 1.20 bits per heavy atom. The number of pyridine rings is 1. The third kappa shape index (κ3) is 6.33. The number of methoxy groups -OCH3 is 1.